The van der Waals surface area contributed by atoms with Crippen LogP contribution in [-0.4, -0.2) is 34.4 Å². The Morgan fingerprint density at radius 2 is 1.95 bits per heavy atom. The minimum atomic E-state index is -3.11. The summed E-state index contributed by atoms with van der Waals surface area (Å²) in [4.78, 5) is 0. The molecule has 0 bridgehead atoms. The summed E-state index contributed by atoms with van der Waals surface area (Å²) in [5, 5.41) is 11.2. The smallest absolute Gasteiger partial charge is 0.166 e. The lowest BCUT2D eigenvalue weighted by Crippen LogP contribution is -2.14. The Labute approximate surface area is 112 Å². The highest BCUT2D eigenvalue weighted by Crippen LogP contribution is 2.05. The first kappa shape index (κ1) is 13.7. The normalized spacial score (nSPS) is 11.6. The molecule has 1 heterocycles. The Morgan fingerprint density at radius 3 is 2.63 bits per heavy atom. The second-order valence-electron chi connectivity index (χ2n) is 4.23. The number of tetrazole rings is 1. The summed E-state index contributed by atoms with van der Waals surface area (Å²) in [6.07, 6.45) is 0.769. The van der Waals surface area contributed by atoms with Gasteiger partial charge in [0.15, 0.2) is 15.7 Å². The van der Waals surface area contributed by atoms with Crippen molar-refractivity contribution in [3.63, 3.8) is 0 Å². The molecule has 2 aromatic rings. The zero-order chi connectivity index (χ0) is 13.7. The minimum Gasteiger partial charge on any atom is -0.228 e. The van der Waals surface area contributed by atoms with Crippen LogP contribution in [0.5, 0.6) is 0 Å². The van der Waals surface area contributed by atoms with Gasteiger partial charge in [0.1, 0.15) is 5.75 Å². The molecular weight excluding hydrogens is 264 g/mol. The quantitative estimate of drug-likeness (QED) is 0.784. The summed E-state index contributed by atoms with van der Waals surface area (Å²) in [5.41, 5.74) is 1.17. The zero-order valence-corrected chi connectivity index (χ0v) is 11.5. The molecule has 0 atom stereocenters. The summed E-state index contributed by atoms with van der Waals surface area (Å²) in [5.74, 6) is 0.391. The van der Waals surface area contributed by atoms with Crippen LogP contribution in [-0.2, 0) is 28.6 Å². The largest absolute Gasteiger partial charge is 0.228 e. The molecule has 0 radical (unpaired) electrons. The van der Waals surface area contributed by atoms with Gasteiger partial charge in [-0.1, -0.05) is 37.3 Å². The van der Waals surface area contributed by atoms with Crippen molar-refractivity contribution in [2.75, 3.05) is 5.75 Å². The molecule has 0 saturated carbocycles. The molecule has 7 heteroatoms. The maximum absolute atomic E-state index is 11.6. The molecule has 0 aliphatic heterocycles. The van der Waals surface area contributed by atoms with Crippen LogP contribution in [0.15, 0.2) is 30.3 Å². The number of hydrogen-bond acceptors (Lipinski definition) is 5. The van der Waals surface area contributed by atoms with E-state index in [9.17, 15) is 8.42 Å². The fourth-order valence-corrected chi connectivity index (χ4v) is 2.48. The molecule has 0 saturated heterocycles. The highest BCUT2D eigenvalue weighted by atomic mass is 32.2. The predicted octanol–water partition coefficient (Wildman–Crippen LogP) is 0.850. The molecule has 0 unspecified atom stereocenters. The number of rotatable bonds is 6. The molecule has 0 aliphatic carbocycles. The number of aromatic nitrogens is 4. The predicted molar refractivity (Wildman–Crippen MR) is 71.1 cm³/mol. The second-order valence-corrected chi connectivity index (χ2v) is 6.58. The minimum absolute atomic E-state index is 0.0958. The zero-order valence-electron chi connectivity index (χ0n) is 10.7. The first-order valence-corrected chi connectivity index (χ1v) is 7.92. The highest BCUT2D eigenvalue weighted by molar-refractivity contribution is 7.90. The van der Waals surface area contributed by atoms with E-state index in [1.54, 1.807) is 11.6 Å². The van der Waals surface area contributed by atoms with Crippen molar-refractivity contribution in [2.45, 2.75) is 25.6 Å². The van der Waals surface area contributed by atoms with Gasteiger partial charge in [-0.2, -0.15) is 0 Å². The third-order valence-corrected chi connectivity index (χ3v) is 4.43. The Kier molecular flexibility index (Phi) is 4.26. The maximum atomic E-state index is 11.6. The van der Waals surface area contributed by atoms with E-state index >= 15 is 0 Å². The maximum Gasteiger partial charge on any atom is 0.166 e. The van der Waals surface area contributed by atoms with E-state index in [1.807, 2.05) is 30.3 Å². The van der Waals surface area contributed by atoms with E-state index in [-0.39, 0.29) is 11.5 Å². The van der Waals surface area contributed by atoms with Crippen molar-refractivity contribution in [1.29, 1.82) is 0 Å². The van der Waals surface area contributed by atoms with Crippen molar-refractivity contribution in [3.05, 3.63) is 41.7 Å². The lowest BCUT2D eigenvalue weighted by atomic mass is 10.1. The number of nitrogens with zero attached hydrogens (tertiary/aromatic N) is 4. The molecule has 0 fully saturated rings. The van der Waals surface area contributed by atoms with Gasteiger partial charge < -0.3 is 0 Å². The third-order valence-electron chi connectivity index (χ3n) is 2.85. The molecule has 0 aliphatic rings. The molecule has 0 N–H and O–H groups in total. The van der Waals surface area contributed by atoms with Gasteiger partial charge in [0.2, 0.25) is 0 Å². The van der Waals surface area contributed by atoms with Crippen LogP contribution in [0.25, 0.3) is 0 Å². The Hall–Kier alpha value is -1.76. The van der Waals surface area contributed by atoms with Crippen LogP contribution in [0.3, 0.4) is 0 Å². The van der Waals surface area contributed by atoms with Crippen LogP contribution in [0, 0.1) is 0 Å². The number of sulfone groups is 1. The summed E-state index contributed by atoms with van der Waals surface area (Å²) in [6.45, 7) is 2.19. The lowest BCUT2D eigenvalue weighted by Gasteiger charge is -2.04. The fraction of sp³-hybridized carbons (Fsp3) is 0.417. The summed E-state index contributed by atoms with van der Waals surface area (Å²) in [7, 11) is -3.11. The van der Waals surface area contributed by atoms with Crippen LogP contribution in [0.2, 0.25) is 0 Å². The van der Waals surface area contributed by atoms with Gasteiger partial charge in [-0.3, -0.25) is 0 Å². The number of hydrogen-bond donors (Lipinski definition) is 0. The standard InChI is InChI=1S/C12H16N4O2S/c1-2-19(17,18)10-12-13-14-15-16(12)9-8-11-6-4-3-5-7-11/h3-7H,2,8-10H2,1H3. The van der Waals surface area contributed by atoms with Gasteiger partial charge in [-0.05, 0) is 22.4 Å². The average molecular weight is 280 g/mol. The van der Waals surface area contributed by atoms with E-state index < -0.39 is 9.84 Å². The fourth-order valence-electron chi connectivity index (χ4n) is 1.68. The van der Waals surface area contributed by atoms with Crippen molar-refractivity contribution < 1.29 is 8.42 Å². The van der Waals surface area contributed by atoms with E-state index in [2.05, 4.69) is 15.5 Å². The van der Waals surface area contributed by atoms with Crippen LogP contribution < -0.4 is 0 Å². The van der Waals surface area contributed by atoms with Crippen LogP contribution in [0.4, 0.5) is 0 Å². The van der Waals surface area contributed by atoms with E-state index in [0.29, 0.717) is 12.4 Å². The van der Waals surface area contributed by atoms with Gasteiger partial charge in [0.05, 0.1) is 0 Å². The summed E-state index contributed by atoms with van der Waals surface area (Å²) < 4.78 is 24.7. The van der Waals surface area contributed by atoms with Crippen molar-refractivity contribution >= 4 is 9.84 Å². The lowest BCUT2D eigenvalue weighted by molar-refractivity contribution is 0.563. The molecule has 0 spiro atoms. The van der Waals surface area contributed by atoms with Crippen molar-refractivity contribution in [2.24, 2.45) is 0 Å². The van der Waals surface area contributed by atoms with Crippen molar-refractivity contribution in [1.82, 2.24) is 20.2 Å². The Balaban J connectivity index is 2.04. The molecule has 19 heavy (non-hydrogen) atoms. The van der Waals surface area contributed by atoms with E-state index in [1.165, 1.54) is 5.56 Å². The second kappa shape index (κ2) is 5.92. The van der Waals surface area contributed by atoms with E-state index in [0.717, 1.165) is 6.42 Å². The van der Waals surface area contributed by atoms with Gasteiger partial charge in [0.25, 0.3) is 0 Å². The average Bonchev–Trinajstić information content (AvgIpc) is 2.84. The number of benzene rings is 1. The third kappa shape index (κ3) is 3.85. The monoisotopic (exact) mass is 280 g/mol. The van der Waals surface area contributed by atoms with E-state index in [4.69, 9.17) is 0 Å². The molecule has 0 amide bonds. The van der Waals surface area contributed by atoms with Crippen LogP contribution >= 0.6 is 0 Å². The number of aryl methyl sites for hydroxylation is 2. The van der Waals surface area contributed by atoms with Crippen molar-refractivity contribution in [3.8, 4) is 0 Å². The van der Waals surface area contributed by atoms with Gasteiger partial charge in [-0.25, -0.2) is 13.1 Å². The van der Waals surface area contributed by atoms with Gasteiger partial charge in [-0.15, -0.1) is 5.10 Å². The molecular formula is C12H16N4O2S. The summed E-state index contributed by atoms with van der Waals surface area (Å²) in [6, 6.07) is 9.94. The molecule has 6 nitrogen and oxygen atoms in total. The Bertz CT molecular complexity index is 622. The Morgan fingerprint density at radius 1 is 1.21 bits per heavy atom. The highest BCUT2D eigenvalue weighted by Gasteiger charge is 2.15. The van der Waals surface area contributed by atoms with Gasteiger partial charge >= 0.3 is 0 Å². The van der Waals surface area contributed by atoms with Gasteiger partial charge in [0, 0.05) is 12.3 Å². The molecule has 1 aromatic carbocycles. The molecule has 102 valence electrons. The van der Waals surface area contributed by atoms with Crippen LogP contribution in [0.1, 0.15) is 18.3 Å². The summed E-state index contributed by atoms with van der Waals surface area (Å²) >= 11 is 0. The first-order chi connectivity index (χ1) is 9.11. The topological polar surface area (TPSA) is 77.7 Å². The molecule has 1 aromatic heterocycles. The molecule has 2 rings (SSSR count). The first-order valence-electron chi connectivity index (χ1n) is 6.10. The SMILES string of the molecule is CCS(=O)(=O)Cc1nnnn1CCc1ccccc1.